The zero-order chi connectivity index (χ0) is 55.5. The lowest BCUT2D eigenvalue weighted by atomic mass is 10.0. The van der Waals surface area contributed by atoms with Gasteiger partial charge in [0.25, 0.3) is 0 Å². The number of fused-ring (bicyclic) bond motifs is 18. The molecular weight excluding hydrogens is 881 g/mol. The SMILES string of the molecule is [2H]c1c([2H])c([2H])c(N(c2ccc3c4cccc5c6cc7c(cc6n(c3c2)c45)c2cccc3c4ccc(N(c5c([2H])c([2H])c([2H])c([2H])c5[2H])c5cccc6c5oc5ccccc56)cc4n7c32)c2cccc3c2oc2ccccc23)c([2H])c1[2H]. The quantitative estimate of drug-likeness (QED) is 0.167. The standard InChI is InChI=1S/C66H38N4O2/c1-3-15-39(16-4-1)67(55-27-13-25-51-45-19-7-9-29-61(45)71-65(51)55)41-31-33-43-47-21-11-23-49-53-38-60-54(37-59(53)69(63(47)49)57(43)35-41)50-24-12-22-48-44-34-32-42(36-58(44)70(60)64(48)50)68(40-17-5-2-6-18-40)56-28-14-26-52-46-20-8-10-30-62(46)72-66(52)56/h1-38H/i1D,2D,3D,4D,5D,6D,15D,16D,17D,18D. The van der Waals surface area contributed by atoms with Crippen molar-refractivity contribution in [2.45, 2.75) is 0 Å². The smallest absolute Gasteiger partial charge is 0.159 e. The molecule has 0 N–H and O–H groups in total. The van der Waals surface area contributed by atoms with Crippen LogP contribution in [0.2, 0.25) is 0 Å². The zero-order valence-corrected chi connectivity index (χ0v) is 37.8. The molecular formula is C66H38N4O2. The topological polar surface area (TPSA) is 41.6 Å². The molecule has 0 atom stereocenters. The Bertz CT molecular complexity index is 5300. The lowest BCUT2D eigenvalue weighted by Gasteiger charge is -2.25. The summed E-state index contributed by atoms with van der Waals surface area (Å²) in [6.07, 6.45) is 0. The van der Waals surface area contributed by atoms with Gasteiger partial charge in [-0.15, -0.1) is 0 Å². The summed E-state index contributed by atoms with van der Waals surface area (Å²) in [5, 5.41) is 11.5. The normalized spacial score (nSPS) is 14.4. The molecule has 6 nitrogen and oxygen atoms in total. The maximum atomic E-state index is 9.33. The molecule has 17 rings (SSSR count). The van der Waals surface area contributed by atoms with Gasteiger partial charge in [0.2, 0.25) is 0 Å². The molecule has 0 radical (unpaired) electrons. The van der Waals surface area contributed by atoms with E-state index in [2.05, 4.69) is 57.3 Å². The molecule has 0 aliphatic heterocycles. The van der Waals surface area contributed by atoms with Gasteiger partial charge in [0.1, 0.15) is 11.2 Å². The predicted octanol–water partition coefficient (Wildman–Crippen LogP) is 18.7. The molecule has 0 bridgehead atoms. The fourth-order valence-electron chi connectivity index (χ4n) is 12.0. The minimum absolute atomic E-state index is 0.0110. The Hall–Kier alpha value is -9.78. The molecule has 0 fully saturated rings. The molecule has 0 unspecified atom stereocenters. The number of benzene rings is 11. The second-order valence-corrected chi connectivity index (χ2v) is 18.5. The van der Waals surface area contributed by atoms with Crippen LogP contribution in [0, 0.1) is 0 Å². The third kappa shape index (κ3) is 4.97. The molecule has 0 saturated heterocycles. The van der Waals surface area contributed by atoms with Gasteiger partial charge in [-0.1, -0.05) is 145 Å². The van der Waals surface area contributed by atoms with Crippen molar-refractivity contribution in [3.63, 3.8) is 0 Å². The van der Waals surface area contributed by atoms with E-state index in [9.17, 15) is 5.48 Å². The summed E-state index contributed by atoms with van der Waals surface area (Å²) < 4.78 is 107. The van der Waals surface area contributed by atoms with Crippen LogP contribution >= 0.6 is 0 Å². The van der Waals surface area contributed by atoms with Crippen molar-refractivity contribution in [1.29, 1.82) is 0 Å². The second kappa shape index (κ2) is 13.9. The van der Waals surface area contributed by atoms with Gasteiger partial charge >= 0.3 is 0 Å². The molecule has 0 aliphatic carbocycles. The van der Waals surface area contributed by atoms with E-state index in [1.807, 2.05) is 121 Å². The van der Waals surface area contributed by atoms with Crippen LogP contribution in [0.1, 0.15) is 13.7 Å². The maximum absolute atomic E-state index is 9.33. The van der Waals surface area contributed by atoms with Crippen LogP contribution in [0.5, 0.6) is 0 Å². The summed E-state index contributed by atoms with van der Waals surface area (Å²) in [5.41, 5.74) is 10.1. The lowest BCUT2D eigenvalue weighted by molar-refractivity contribution is 0.668. The molecule has 334 valence electrons. The van der Waals surface area contributed by atoms with E-state index in [4.69, 9.17) is 17.1 Å². The van der Waals surface area contributed by atoms with Crippen molar-refractivity contribution >= 4 is 154 Å². The summed E-state index contributed by atoms with van der Waals surface area (Å²) in [4.78, 5) is 3.47. The monoisotopic (exact) mass is 928 g/mol. The highest BCUT2D eigenvalue weighted by Gasteiger charge is 2.26. The van der Waals surface area contributed by atoms with Crippen molar-refractivity contribution in [1.82, 2.24) is 8.80 Å². The third-order valence-corrected chi connectivity index (χ3v) is 14.9. The van der Waals surface area contributed by atoms with Gasteiger partial charge in [-0.25, -0.2) is 0 Å². The molecule has 0 aliphatic rings. The fraction of sp³-hybridized carbons (Fsp3) is 0. The largest absolute Gasteiger partial charge is 0.454 e. The number of rotatable bonds is 6. The highest BCUT2D eigenvalue weighted by atomic mass is 16.3. The average Bonchev–Trinajstić information content (AvgIpc) is 2.26. The third-order valence-electron chi connectivity index (χ3n) is 14.9. The number of para-hydroxylation sites is 8. The summed E-state index contributed by atoms with van der Waals surface area (Å²) in [7, 11) is 0. The molecule has 17 aromatic rings. The van der Waals surface area contributed by atoms with Crippen molar-refractivity contribution in [3.8, 4) is 0 Å². The number of furan rings is 2. The van der Waals surface area contributed by atoms with Crippen LogP contribution in [0.4, 0.5) is 34.1 Å². The van der Waals surface area contributed by atoms with Crippen LogP contribution in [0.25, 0.3) is 120 Å². The first-order valence-corrected chi connectivity index (χ1v) is 23.8. The molecule has 6 aromatic heterocycles. The van der Waals surface area contributed by atoms with Crippen LogP contribution < -0.4 is 9.80 Å². The van der Waals surface area contributed by atoms with Crippen LogP contribution in [-0.2, 0) is 0 Å². The summed E-state index contributed by atoms with van der Waals surface area (Å²) in [6, 6.07) is 51.9. The first kappa shape index (κ1) is 30.0. The van der Waals surface area contributed by atoms with Gasteiger partial charge < -0.3 is 27.4 Å². The minimum atomic E-state index is -0.484. The Morgan fingerprint density at radius 1 is 0.306 bits per heavy atom. The van der Waals surface area contributed by atoms with Crippen molar-refractivity contribution in [3.05, 3.63) is 230 Å². The summed E-state index contributed by atoms with van der Waals surface area (Å²) in [5.74, 6) is 0. The Labute approximate surface area is 424 Å². The van der Waals surface area contributed by atoms with Gasteiger partial charge in [-0.3, -0.25) is 0 Å². The highest BCUT2D eigenvalue weighted by molar-refractivity contribution is 6.29. The molecule has 6 heteroatoms. The average molecular weight is 929 g/mol. The Balaban J connectivity index is 0.926. The molecule has 0 saturated carbocycles. The van der Waals surface area contributed by atoms with E-state index in [1.165, 1.54) is 0 Å². The van der Waals surface area contributed by atoms with Crippen LogP contribution in [0.15, 0.2) is 239 Å². The molecule has 0 amide bonds. The van der Waals surface area contributed by atoms with Crippen molar-refractivity contribution in [2.24, 2.45) is 0 Å². The van der Waals surface area contributed by atoms with Crippen LogP contribution in [0.3, 0.4) is 0 Å². The van der Waals surface area contributed by atoms with Crippen LogP contribution in [-0.4, -0.2) is 8.80 Å². The van der Waals surface area contributed by atoms with E-state index < -0.39 is 36.3 Å². The second-order valence-electron chi connectivity index (χ2n) is 18.5. The number of hydrogen-bond donors (Lipinski definition) is 0. The van der Waals surface area contributed by atoms with Gasteiger partial charge in [0.15, 0.2) is 11.2 Å². The minimum Gasteiger partial charge on any atom is -0.454 e. The number of anilines is 6. The van der Waals surface area contributed by atoms with E-state index in [-0.39, 0.29) is 35.5 Å². The van der Waals surface area contributed by atoms with Gasteiger partial charge in [0, 0.05) is 87.4 Å². The lowest BCUT2D eigenvalue weighted by Crippen LogP contribution is -2.10. The molecule has 72 heavy (non-hydrogen) atoms. The van der Waals surface area contributed by atoms with E-state index in [0.717, 1.165) is 97.7 Å². The van der Waals surface area contributed by atoms with Gasteiger partial charge in [-0.2, -0.15) is 0 Å². The number of aromatic nitrogens is 2. The van der Waals surface area contributed by atoms with E-state index >= 15 is 0 Å². The predicted molar refractivity (Wildman–Crippen MR) is 300 cm³/mol. The Morgan fingerprint density at radius 2 is 0.681 bits per heavy atom. The summed E-state index contributed by atoms with van der Waals surface area (Å²) >= 11 is 0. The van der Waals surface area contributed by atoms with Crippen molar-refractivity contribution < 1.29 is 22.5 Å². The summed E-state index contributed by atoms with van der Waals surface area (Å²) in [6.45, 7) is 0. The number of nitrogens with zero attached hydrogens (tertiary/aromatic N) is 4. The number of hydrogen-bond acceptors (Lipinski definition) is 4. The highest BCUT2D eigenvalue weighted by Crippen LogP contribution is 2.49. The zero-order valence-electron chi connectivity index (χ0n) is 47.8. The van der Waals surface area contributed by atoms with Gasteiger partial charge in [0.05, 0.1) is 58.2 Å². The first-order chi connectivity index (χ1) is 39.9. The van der Waals surface area contributed by atoms with E-state index in [1.54, 1.807) is 9.80 Å². The fourth-order valence-corrected chi connectivity index (χ4v) is 12.0. The van der Waals surface area contributed by atoms with Gasteiger partial charge in [-0.05, 0) is 84.8 Å². The molecule has 0 spiro atoms. The van der Waals surface area contributed by atoms with E-state index in [0.29, 0.717) is 45.1 Å². The Kier molecular flexibility index (Phi) is 5.80. The van der Waals surface area contributed by atoms with Crippen molar-refractivity contribution in [2.75, 3.05) is 9.80 Å². The maximum Gasteiger partial charge on any atom is 0.159 e. The molecule has 11 aromatic carbocycles. The Morgan fingerprint density at radius 3 is 1.14 bits per heavy atom. The first-order valence-electron chi connectivity index (χ1n) is 28.8. The molecule has 6 heterocycles.